The van der Waals surface area contributed by atoms with Crippen LogP contribution in [-0.4, -0.2) is 36.6 Å². The van der Waals surface area contributed by atoms with Gasteiger partial charge in [0.25, 0.3) is 0 Å². The second-order valence-electron chi connectivity index (χ2n) is 11.3. The van der Waals surface area contributed by atoms with Crippen LogP contribution in [0.4, 0.5) is 0 Å². The third-order valence-electron chi connectivity index (χ3n) is 7.78. The molecule has 1 unspecified atom stereocenters. The summed E-state index contributed by atoms with van der Waals surface area (Å²) in [6, 6.07) is 11.9. The zero-order chi connectivity index (χ0) is 24.0. The fourth-order valence-corrected chi connectivity index (χ4v) is 5.27. The Morgan fingerprint density at radius 1 is 0.559 bits per heavy atom. The molecule has 0 saturated carbocycles. The highest BCUT2D eigenvalue weighted by molar-refractivity contribution is 5.15. The van der Waals surface area contributed by atoms with Gasteiger partial charge < -0.3 is 9.96 Å². The molecule has 0 amide bonds. The molecule has 34 heavy (non-hydrogen) atoms. The summed E-state index contributed by atoms with van der Waals surface area (Å²) in [6.07, 6.45) is 28.5. The molecule has 1 atom stereocenters. The molecule has 2 nitrogen and oxygen atoms in total. The van der Waals surface area contributed by atoms with Crippen molar-refractivity contribution in [3.63, 3.8) is 0 Å². The number of quaternary nitrogens is 1. The number of rotatable bonds is 23. The van der Waals surface area contributed by atoms with Gasteiger partial charge in [-0.25, -0.2) is 0 Å². The topological polar surface area (TPSA) is 31.5 Å². The third-order valence-corrected chi connectivity index (χ3v) is 7.78. The highest BCUT2D eigenvalue weighted by Gasteiger charge is 2.27. The number of unbranched alkanes of at least 4 members (excludes halogenated alkanes) is 16. The van der Waals surface area contributed by atoms with Gasteiger partial charge in [-0.3, -0.25) is 0 Å². The number of benzene rings is 1. The number of hydrogen-bond acceptors (Lipinski definition) is 0. The Morgan fingerprint density at radius 3 is 1.41 bits per heavy atom. The van der Waals surface area contributed by atoms with Crippen LogP contribution in [0, 0.1) is 0 Å². The van der Waals surface area contributed by atoms with Gasteiger partial charge in [0.1, 0.15) is 0 Å². The highest BCUT2D eigenvalue weighted by atomic mass is 16.0. The zero-order valence-corrected chi connectivity index (χ0v) is 23.8. The van der Waals surface area contributed by atoms with Crippen molar-refractivity contribution in [2.24, 2.45) is 0 Å². The molecular weight excluding hydrogens is 414 g/mol. The molecular formula is C32H62NO+. The maximum absolute atomic E-state index is 2.48. The molecule has 1 aromatic rings. The summed E-state index contributed by atoms with van der Waals surface area (Å²) in [5.41, 5.74) is 1.51. The molecule has 1 aromatic carbocycles. The molecule has 0 saturated heterocycles. The van der Waals surface area contributed by atoms with Gasteiger partial charge in [0.15, 0.2) is 0 Å². The maximum Gasteiger partial charge on any atom is 0.0927 e. The second-order valence-corrected chi connectivity index (χ2v) is 11.3. The quantitative estimate of drug-likeness (QED) is 0.111. The van der Waals surface area contributed by atoms with Crippen molar-refractivity contribution < 1.29 is 9.96 Å². The van der Waals surface area contributed by atoms with Gasteiger partial charge in [-0.05, 0) is 31.2 Å². The van der Waals surface area contributed by atoms with E-state index in [-0.39, 0.29) is 5.48 Å². The average Bonchev–Trinajstić information content (AvgIpc) is 2.82. The van der Waals surface area contributed by atoms with Gasteiger partial charge in [0, 0.05) is 6.42 Å². The van der Waals surface area contributed by atoms with Crippen LogP contribution < -0.4 is 0 Å². The van der Waals surface area contributed by atoms with Crippen molar-refractivity contribution in [1.82, 2.24) is 0 Å². The standard InChI is InChI=1S/C32H60N.H2O/c1-5-7-9-10-11-12-13-14-15-16-17-18-19-20-21-25-29-33(3,4)32(28-8-6-2)30-31-26-23-22-24-27-31;/h22-24,26-27,32H,5-21,25,28-30H2,1-4H3;1H2/q+1;. The van der Waals surface area contributed by atoms with Crippen molar-refractivity contribution in [2.45, 2.75) is 148 Å². The minimum absolute atomic E-state index is 0. The Kier molecular flexibility index (Phi) is 22.0. The summed E-state index contributed by atoms with van der Waals surface area (Å²) in [5.74, 6) is 0. The van der Waals surface area contributed by atoms with Crippen LogP contribution in [-0.2, 0) is 6.42 Å². The molecule has 1 rings (SSSR count). The summed E-state index contributed by atoms with van der Waals surface area (Å²) < 4.78 is 1.19. The summed E-state index contributed by atoms with van der Waals surface area (Å²) in [4.78, 5) is 0. The van der Waals surface area contributed by atoms with E-state index < -0.39 is 0 Å². The SMILES string of the molecule is CCCCCCCCCCCCCCCCCC[N+](C)(C)C(CCCC)Cc1ccccc1.O. The molecule has 200 valence electrons. The van der Waals surface area contributed by atoms with Gasteiger partial charge in [-0.15, -0.1) is 0 Å². The first kappa shape index (κ1) is 33.1. The number of likely N-dealkylation sites (N-methyl/N-ethyl adjacent to an activating group) is 1. The summed E-state index contributed by atoms with van der Waals surface area (Å²) in [6.45, 7) is 5.96. The van der Waals surface area contributed by atoms with E-state index in [1.807, 2.05) is 0 Å². The molecule has 0 bridgehead atoms. The van der Waals surface area contributed by atoms with E-state index in [2.05, 4.69) is 58.3 Å². The lowest BCUT2D eigenvalue weighted by Gasteiger charge is -2.39. The Bertz CT molecular complexity index is 527. The molecule has 2 heteroatoms. The number of hydrogen-bond donors (Lipinski definition) is 0. The van der Waals surface area contributed by atoms with Gasteiger partial charge >= 0.3 is 0 Å². The van der Waals surface area contributed by atoms with Crippen molar-refractivity contribution in [1.29, 1.82) is 0 Å². The summed E-state index contributed by atoms with van der Waals surface area (Å²) in [7, 11) is 4.96. The lowest BCUT2D eigenvalue weighted by molar-refractivity contribution is -0.915. The van der Waals surface area contributed by atoms with Gasteiger partial charge in [0.05, 0.1) is 26.7 Å². The minimum atomic E-state index is 0. The van der Waals surface area contributed by atoms with E-state index in [1.165, 1.54) is 145 Å². The fourth-order valence-electron chi connectivity index (χ4n) is 5.27. The fraction of sp³-hybridized carbons (Fsp3) is 0.812. The van der Waals surface area contributed by atoms with E-state index in [9.17, 15) is 0 Å². The molecule has 0 spiro atoms. The molecule has 0 aromatic heterocycles. The predicted octanol–water partition coefficient (Wildman–Crippen LogP) is 9.30. The van der Waals surface area contributed by atoms with Crippen LogP contribution in [0.2, 0.25) is 0 Å². The first-order valence-corrected chi connectivity index (χ1v) is 15.0. The Morgan fingerprint density at radius 2 is 0.971 bits per heavy atom. The van der Waals surface area contributed by atoms with Crippen LogP contribution in [0.5, 0.6) is 0 Å². The first-order valence-electron chi connectivity index (χ1n) is 15.0. The second kappa shape index (κ2) is 22.6. The van der Waals surface area contributed by atoms with Crippen molar-refractivity contribution >= 4 is 0 Å². The third kappa shape index (κ3) is 17.6. The molecule has 0 aliphatic heterocycles. The van der Waals surface area contributed by atoms with Crippen LogP contribution in [0.25, 0.3) is 0 Å². The molecule has 2 N–H and O–H groups in total. The lowest BCUT2D eigenvalue weighted by atomic mass is 9.97. The van der Waals surface area contributed by atoms with Gasteiger partial charge in [0.2, 0.25) is 0 Å². The van der Waals surface area contributed by atoms with Crippen molar-refractivity contribution in [2.75, 3.05) is 20.6 Å². The zero-order valence-electron chi connectivity index (χ0n) is 23.8. The van der Waals surface area contributed by atoms with Crippen molar-refractivity contribution in [3.05, 3.63) is 35.9 Å². The predicted molar refractivity (Wildman–Crippen MR) is 154 cm³/mol. The minimum Gasteiger partial charge on any atom is -0.412 e. The average molecular weight is 477 g/mol. The Labute approximate surface area is 214 Å². The van der Waals surface area contributed by atoms with Crippen LogP contribution >= 0.6 is 0 Å². The van der Waals surface area contributed by atoms with E-state index in [1.54, 1.807) is 0 Å². The van der Waals surface area contributed by atoms with Gasteiger partial charge in [-0.2, -0.15) is 0 Å². The monoisotopic (exact) mass is 476 g/mol. The summed E-state index contributed by atoms with van der Waals surface area (Å²) >= 11 is 0. The summed E-state index contributed by atoms with van der Waals surface area (Å²) in [5, 5.41) is 0. The van der Waals surface area contributed by atoms with E-state index in [4.69, 9.17) is 0 Å². The molecule has 0 fully saturated rings. The number of nitrogens with zero attached hydrogens (tertiary/aromatic N) is 1. The Balaban J connectivity index is 0.0000109. The van der Waals surface area contributed by atoms with Crippen LogP contribution in [0.1, 0.15) is 141 Å². The Hall–Kier alpha value is -0.860. The smallest absolute Gasteiger partial charge is 0.0927 e. The van der Waals surface area contributed by atoms with Crippen LogP contribution in [0.15, 0.2) is 30.3 Å². The molecule has 0 radical (unpaired) electrons. The molecule has 0 heterocycles. The normalized spacial score (nSPS) is 12.5. The van der Waals surface area contributed by atoms with E-state index in [0.29, 0.717) is 0 Å². The van der Waals surface area contributed by atoms with Crippen LogP contribution in [0.3, 0.4) is 0 Å². The maximum atomic E-state index is 2.48. The van der Waals surface area contributed by atoms with Gasteiger partial charge in [-0.1, -0.05) is 140 Å². The molecule has 0 aliphatic rings. The van der Waals surface area contributed by atoms with Crippen molar-refractivity contribution in [3.8, 4) is 0 Å². The largest absolute Gasteiger partial charge is 0.412 e. The molecule has 0 aliphatic carbocycles. The lowest BCUT2D eigenvalue weighted by Crippen LogP contribution is -2.50. The first-order chi connectivity index (χ1) is 16.1. The van der Waals surface area contributed by atoms with E-state index >= 15 is 0 Å². The van der Waals surface area contributed by atoms with E-state index in [0.717, 1.165) is 6.04 Å². The highest BCUT2D eigenvalue weighted by Crippen LogP contribution is 2.21.